The second kappa shape index (κ2) is 7.28. The molecule has 0 aliphatic carbocycles. The molecule has 0 bridgehead atoms. The molecule has 2 aromatic heterocycles. The summed E-state index contributed by atoms with van der Waals surface area (Å²) in [7, 11) is 0. The molecule has 0 N–H and O–H groups in total. The third kappa shape index (κ3) is 5.56. The van der Waals surface area contributed by atoms with Crippen molar-refractivity contribution in [2.24, 2.45) is 5.41 Å². The second-order valence-corrected chi connectivity index (χ2v) is 9.44. The first kappa shape index (κ1) is 21.5. The van der Waals surface area contributed by atoms with Crippen LogP contribution in [0, 0.1) is 5.41 Å². The van der Waals surface area contributed by atoms with E-state index in [-0.39, 0.29) is 16.6 Å². The van der Waals surface area contributed by atoms with Crippen LogP contribution >= 0.6 is 0 Å². The van der Waals surface area contributed by atoms with E-state index in [1.54, 1.807) is 0 Å². The minimum Gasteiger partial charge on any atom is -0.300 e. The zero-order chi connectivity index (χ0) is 20.6. The highest BCUT2D eigenvalue weighted by Crippen LogP contribution is 2.35. The standard InChI is InChI=1S/C21H29F3N2O/c1-19(2,3)13-15(27)8-7-9-16-18(20(4,5)6)17-12-14(21(22,23)24)10-11-26(17)25-16/h10-12H,7-9,13H2,1-6H3. The predicted molar refractivity (Wildman–Crippen MR) is 101 cm³/mol. The maximum absolute atomic E-state index is 13.1. The molecule has 0 amide bonds. The van der Waals surface area contributed by atoms with Crippen molar-refractivity contribution in [3.05, 3.63) is 35.2 Å². The molecule has 150 valence electrons. The van der Waals surface area contributed by atoms with Crippen LogP contribution < -0.4 is 0 Å². The van der Waals surface area contributed by atoms with E-state index in [0.717, 1.165) is 17.3 Å². The van der Waals surface area contributed by atoms with E-state index in [4.69, 9.17) is 0 Å². The van der Waals surface area contributed by atoms with Gasteiger partial charge >= 0.3 is 6.18 Å². The zero-order valence-corrected chi connectivity index (χ0v) is 17.0. The molecule has 0 saturated heterocycles. The topological polar surface area (TPSA) is 34.4 Å². The van der Waals surface area contributed by atoms with E-state index in [9.17, 15) is 18.0 Å². The van der Waals surface area contributed by atoms with Gasteiger partial charge in [-0.05, 0) is 35.8 Å². The molecular weight excluding hydrogens is 353 g/mol. The Hall–Kier alpha value is -1.85. The third-order valence-electron chi connectivity index (χ3n) is 4.38. The first-order chi connectivity index (χ1) is 12.2. The molecule has 0 spiro atoms. The molecule has 2 rings (SSSR count). The van der Waals surface area contributed by atoms with Gasteiger partial charge in [0.2, 0.25) is 0 Å². The largest absolute Gasteiger partial charge is 0.416 e. The van der Waals surface area contributed by atoms with Gasteiger partial charge in [0, 0.05) is 24.6 Å². The molecule has 0 radical (unpaired) electrons. The fraction of sp³-hybridized carbons (Fsp3) is 0.619. The number of aromatic nitrogens is 2. The van der Waals surface area contributed by atoms with Crippen LogP contribution in [-0.2, 0) is 22.8 Å². The predicted octanol–water partition coefficient (Wildman–Crippen LogP) is 5.98. The Morgan fingerprint density at radius 3 is 2.26 bits per heavy atom. The van der Waals surface area contributed by atoms with Gasteiger partial charge in [0.1, 0.15) is 5.78 Å². The van der Waals surface area contributed by atoms with E-state index in [0.29, 0.717) is 31.2 Å². The molecule has 0 aliphatic rings. The highest BCUT2D eigenvalue weighted by atomic mass is 19.4. The fourth-order valence-corrected chi connectivity index (χ4v) is 3.40. The summed E-state index contributed by atoms with van der Waals surface area (Å²) in [6.45, 7) is 12.0. The van der Waals surface area contributed by atoms with Gasteiger partial charge in [-0.3, -0.25) is 4.79 Å². The van der Waals surface area contributed by atoms with Gasteiger partial charge in [0.15, 0.2) is 0 Å². The van der Waals surface area contributed by atoms with Gasteiger partial charge in [-0.25, -0.2) is 4.52 Å². The molecule has 0 fully saturated rings. The van der Waals surface area contributed by atoms with Gasteiger partial charge in [0.05, 0.1) is 16.8 Å². The Kier molecular flexibility index (Phi) is 5.79. The lowest BCUT2D eigenvalue weighted by molar-refractivity contribution is -0.137. The smallest absolute Gasteiger partial charge is 0.300 e. The Morgan fingerprint density at radius 1 is 1.11 bits per heavy atom. The average molecular weight is 382 g/mol. The summed E-state index contributed by atoms with van der Waals surface area (Å²) in [5, 5.41) is 4.51. The highest BCUT2D eigenvalue weighted by Gasteiger charge is 2.32. The maximum Gasteiger partial charge on any atom is 0.416 e. The summed E-state index contributed by atoms with van der Waals surface area (Å²) < 4.78 is 40.8. The minimum atomic E-state index is -4.39. The molecule has 2 heterocycles. The van der Waals surface area contributed by atoms with Crippen LogP contribution in [0.5, 0.6) is 0 Å². The number of hydrogen-bond acceptors (Lipinski definition) is 2. The van der Waals surface area contributed by atoms with Crippen molar-refractivity contribution in [2.75, 3.05) is 0 Å². The van der Waals surface area contributed by atoms with Crippen LogP contribution in [0.4, 0.5) is 13.2 Å². The number of pyridine rings is 1. The lowest BCUT2D eigenvalue weighted by Gasteiger charge is -2.20. The van der Waals surface area contributed by atoms with E-state index in [1.165, 1.54) is 16.8 Å². The Labute approximate surface area is 159 Å². The maximum atomic E-state index is 13.1. The number of rotatable bonds is 5. The van der Waals surface area contributed by atoms with Crippen LogP contribution in [0.2, 0.25) is 0 Å². The number of carbonyl (C=O) groups is 1. The SMILES string of the molecule is CC(C)(C)CC(=O)CCCc1nn2ccc(C(F)(F)F)cc2c1C(C)(C)C. The molecule has 0 aliphatic heterocycles. The molecule has 3 nitrogen and oxygen atoms in total. The normalized spacial score (nSPS) is 13.4. The summed E-state index contributed by atoms with van der Waals surface area (Å²) in [6, 6.07) is 2.21. The minimum absolute atomic E-state index is 0.0370. The molecular formula is C21H29F3N2O. The number of alkyl halides is 3. The van der Waals surface area contributed by atoms with Gasteiger partial charge < -0.3 is 0 Å². The fourth-order valence-electron chi connectivity index (χ4n) is 3.40. The molecule has 0 atom stereocenters. The second-order valence-electron chi connectivity index (χ2n) is 9.44. The van der Waals surface area contributed by atoms with Crippen molar-refractivity contribution < 1.29 is 18.0 Å². The van der Waals surface area contributed by atoms with Crippen molar-refractivity contribution in [1.29, 1.82) is 0 Å². The van der Waals surface area contributed by atoms with Crippen molar-refractivity contribution in [2.45, 2.75) is 78.8 Å². The number of nitrogens with zero attached hydrogens (tertiary/aromatic N) is 2. The van der Waals surface area contributed by atoms with E-state index in [1.807, 2.05) is 41.5 Å². The molecule has 27 heavy (non-hydrogen) atoms. The number of ketones is 1. The quantitative estimate of drug-likeness (QED) is 0.638. The van der Waals surface area contributed by atoms with Crippen LogP contribution in [0.3, 0.4) is 0 Å². The number of fused-ring (bicyclic) bond motifs is 1. The summed E-state index contributed by atoms with van der Waals surface area (Å²) in [5.41, 5.74) is 1.00. The Bertz CT molecular complexity index is 821. The van der Waals surface area contributed by atoms with Crippen molar-refractivity contribution in [3.8, 4) is 0 Å². The van der Waals surface area contributed by atoms with Crippen LogP contribution in [0.15, 0.2) is 18.3 Å². The molecule has 2 aromatic rings. The first-order valence-electron chi connectivity index (χ1n) is 9.29. The highest BCUT2D eigenvalue weighted by molar-refractivity contribution is 5.79. The monoisotopic (exact) mass is 382 g/mol. The van der Waals surface area contributed by atoms with Gasteiger partial charge in [0.25, 0.3) is 0 Å². The van der Waals surface area contributed by atoms with Gasteiger partial charge in [-0.1, -0.05) is 41.5 Å². The number of carbonyl (C=O) groups excluding carboxylic acids is 1. The zero-order valence-electron chi connectivity index (χ0n) is 17.0. The van der Waals surface area contributed by atoms with E-state index < -0.39 is 11.7 Å². The summed E-state index contributed by atoms with van der Waals surface area (Å²) in [4.78, 5) is 12.1. The number of halogens is 3. The third-order valence-corrected chi connectivity index (χ3v) is 4.38. The lowest BCUT2D eigenvalue weighted by atomic mass is 9.84. The summed E-state index contributed by atoms with van der Waals surface area (Å²) in [5.74, 6) is 0.211. The molecule has 0 saturated carbocycles. The molecule has 0 aromatic carbocycles. The summed E-state index contributed by atoms with van der Waals surface area (Å²) >= 11 is 0. The van der Waals surface area contributed by atoms with Gasteiger partial charge in [-0.15, -0.1) is 0 Å². The van der Waals surface area contributed by atoms with Crippen molar-refractivity contribution in [1.82, 2.24) is 9.61 Å². The Balaban J connectivity index is 2.30. The van der Waals surface area contributed by atoms with E-state index in [2.05, 4.69) is 5.10 Å². The van der Waals surface area contributed by atoms with E-state index >= 15 is 0 Å². The van der Waals surface area contributed by atoms with Crippen molar-refractivity contribution in [3.63, 3.8) is 0 Å². The van der Waals surface area contributed by atoms with Crippen molar-refractivity contribution >= 4 is 11.3 Å². The number of hydrogen-bond donors (Lipinski definition) is 0. The van der Waals surface area contributed by atoms with Gasteiger partial charge in [-0.2, -0.15) is 18.3 Å². The summed E-state index contributed by atoms with van der Waals surface area (Å²) in [6.07, 6.45) is -0.816. The number of aryl methyl sites for hydroxylation is 1. The average Bonchev–Trinajstić information content (AvgIpc) is 2.81. The van der Waals surface area contributed by atoms with Crippen LogP contribution in [-0.4, -0.2) is 15.4 Å². The molecule has 6 heteroatoms. The molecule has 0 unspecified atom stereocenters. The number of Topliss-reactive ketones (excluding diaryl/α,β-unsaturated/α-hetero) is 1. The Morgan fingerprint density at radius 2 is 1.74 bits per heavy atom. The first-order valence-corrected chi connectivity index (χ1v) is 9.29. The van der Waals surface area contributed by atoms with Crippen LogP contribution in [0.25, 0.3) is 5.52 Å². The lowest BCUT2D eigenvalue weighted by Crippen LogP contribution is -2.15. The van der Waals surface area contributed by atoms with Crippen LogP contribution in [0.1, 0.15) is 77.6 Å².